The van der Waals surface area contributed by atoms with Crippen LogP contribution in [0.25, 0.3) is 0 Å². The predicted octanol–water partition coefficient (Wildman–Crippen LogP) is 2.02. The van der Waals surface area contributed by atoms with Gasteiger partial charge in [0.25, 0.3) is 0 Å². The molecule has 0 aromatic heterocycles. The number of para-hydroxylation sites is 1. The van der Waals surface area contributed by atoms with E-state index >= 15 is 0 Å². The second-order valence-electron chi connectivity index (χ2n) is 5.53. The van der Waals surface area contributed by atoms with Gasteiger partial charge < -0.3 is 10.6 Å². The van der Waals surface area contributed by atoms with Crippen molar-refractivity contribution in [3.05, 3.63) is 60.2 Å². The molecular weight excluding hydrogens is 346 g/mol. The van der Waals surface area contributed by atoms with Gasteiger partial charge in [-0.3, -0.25) is 14.4 Å². The Kier molecular flexibility index (Phi) is 6.79. The molecule has 0 spiro atoms. The maximum Gasteiger partial charge on any atom is 0.329 e. The van der Waals surface area contributed by atoms with E-state index in [4.69, 9.17) is 5.26 Å². The smallest absolute Gasteiger partial charge is 0.326 e. The van der Waals surface area contributed by atoms with Gasteiger partial charge in [0, 0.05) is 17.1 Å². The Bertz CT molecular complexity index is 916. The van der Waals surface area contributed by atoms with Crippen LogP contribution < -0.4 is 16.1 Å². The van der Waals surface area contributed by atoms with Gasteiger partial charge in [0.05, 0.1) is 18.1 Å². The van der Waals surface area contributed by atoms with E-state index in [1.165, 1.54) is 0 Å². The molecule has 0 fully saturated rings. The van der Waals surface area contributed by atoms with E-state index in [1.807, 2.05) is 6.07 Å². The first-order chi connectivity index (χ1) is 13.0. The summed E-state index contributed by atoms with van der Waals surface area (Å²) in [6.07, 6.45) is -0.0859. The van der Waals surface area contributed by atoms with Crippen LogP contribution in [0.5, 0.6) is 0 Å². The van der Waals surface area contributed by atoms with Gasteiger partial charge in [-0.25, -0.2) is 5.43 Å². The summed E-state index contributed by atoms with van der Waals surface area (Å²) in [5.74, 6) is -2.18. The van der Waals surface area contributed by atoms with Gasteiger partial charge in [0.1, 0.15) is 0 Å². The van der Waals surface area contributed by atoms with E-state index in [2.05, 4.69) is 21.2 Å². The number of benzene rings is 2. The van der Waals surface area contributed by atoms with Gasteiger partial charge in [-0.05, 0) is 37.3 Å². The molecule has 0 aliphatic rings. The number of hydrazone groups is 1. The molecule has 2 aromatic carbocycles. The Labute approximate surface area is 155 Å². The maximum atomic E-state index is 12.0. The van der Waals surface area contributed by atoms with Crippen LogP contribution in [0.3, 0.4) is 0 Å². The van der Waals surface area contributed by atoms with Crippen LogP contribution in [0.2, 0.25) is 0 Å². The lowest BCUT2D eigenvalue weighted by Gasteiger charge is -2.06. The second-order valence-corrected chi connectivity index (χ2v) is 5.53. The molecule has 0 saturated carbocycles. The SMILES string of the molecule is CC(CC(=O)Nc1cccc(C#N)c1)=NNC(=O)C(=O)Nc1ccccc1. The Balaban J connectivity index is 1.83. The van der Waals surface area contributed by atoms with Crippen molar-refractivity contribution < 1.29 is 14.4 Å². The van der Waals surface area contributed by atoms with Crippen molar-refractivity contribution in [2.45, 2.75) is 13.3 Å². The summed E-state index contributed by atoms with van der Waals surface area (Å²) >= 11 is 0. The van der Waals surface area contributed by atoms with E-state index in [0.717, 1.165) is 0 Å². The minimum Gasteiger partial charge on any atom is -0.326 e. The minimum atomic E-state index is -0.944. The molecule has 3 N–H and O–H groups in total. The summed E-state index contributed by atoms with van der Waals surface area (Å²) in [4.78, 5) is 35.5. The molecule has 0 radical (unpaired) electrons. The third kappa shape index (κ3) is 6.43. The summed E-state index contributed by atoms with van der Waals surface area (Å²) in [5, 5.41) is 17.6. The lowest BCUT2D eigenvalue weighted by Crippen LogP contribution is -2.33. The number of nitrogens with zero attached hydrogens (tertiary/aromatic N) is 2. The fourth-order valence-electron chi connectivity index (χ4n) is 2.05. The van der Waals surface area contributed by atoms with E-state index in [9.17, 15) is 14.4 Å². The number of hydrogen-bond acceptors (Lipinski definition) is 5. The van der Waals surface area contributed by atoms with Crippen LogP contribution in [0, 0.1) is 11.3 Å². The highest BCUT2D eigenvalue weighted by Crippen LogP contribution is 2.10. The van der Waals surface area contributed by atoms with Crippen molar-refractivity contribution in [1.82, 2.24) is 5.43 Å². The van der Waals surface area contributed by atoms with Crippen molar-refractivity contribution in [2.75, 3.05) is 10.6 Å². The van der Waals surface area contributed by atoms with E-state index in [-0.39, 0.29) is 12.3 Å². The van der Waals surface area contributed by atoms with Gasteiger partial charge >= 0.3 is 11.8 Å². The summed E-state index contributed by atoms with van der Waals surface area (Å²) < 4.78 is 0. The van der Waals surface area contributed by atoms with Gasteiger partial charge in [-0.1, -0.05) is 24.3 Å². The summed E-state index contributed by atoms with van der Waals surface area (Å²) in [7, 11) is 0. The highest BCUT2D eigenvalue weighted by molar-refractivity contribution is 6.39. The van der Waals surface area contributed by atoms with Crippen molar-refractivity contribution in [3.63, 3.8) is 0 Å². The molecule has 2 aromatic rings. The number of hydrogen-bond donors (Lipinski definition) is 3. The largest absolute Gasteiger partial charge is 0.329 e. The Morgan fingerprint density at radius 1 is 0.963 bits per heavy atom. The van der Waals surface area contributed by atoms with E-state index < -0.39 is 11.8 Å². The van der Waals surface area contributed by atoms with Crippen molar-refractivity contribution >= 4 is 34.8 Å². The molecule has 8 nitrogen and oxygen atoms in total. The number of carbonyl (C=O) groups is 3. The highest BCUT2D eigenvalue weighted by Gasteiger charge is 2.13. The number of rotatable bonds is 5. The van der Waals surface area contributed by atoms with Crippen molar-refractivity contribution in [2.24, 2.45) is 5.10 Å². The summed E-state index contributed by atoms with van der Waals surface area (Å²) in [6, 6.07) is 17.0. The van der Waals surface area contributed by atoms with E-state index in [0.29, 0.717) is 22.6 Å². The van der Waals surface area contributed by atoms with Gasteiger partial charge in [-0.2, -0.15) is 10.4 Å². The second kappa shape index (κ2) is 9.48. The zero-order valence-corrected chi connectivity index (χ0v) is 14.5. The quantitative estimate of drug-likeness (QED) is 0.427. The van der Waals surface area contributed by atoms with Crippen LogP contribution in [0.15, 0.2) is 59.7 Å². The Morgan fingerprint density at radius 2 is 1.67 bits per heavy atom. The van der Waals surface area contributed by atoms with Crippen molar-refractivity contribution in [3.8, 4) is 6.07 Å². The third-order valence-corrected chi connectivity index (χ3v) is 3.28. The fourth-order valence-corrected chi connectivity index (χ4v) is 2.05. The fraction of sp³-hybridized carbons (Fsp3) is 0.105. The van der Waals surface area contributed by atoms with Crippen LogP contribution in [-0.4, -0.2) is 23.4 Å². The summed E-state index contributed by atoms with van der Waals surface area (Å²) in [5.41, 5.74) is 3.81. The van der Waals surface area contributed by atoms with Crippen LogP contribution in [0.4, 0.5) is 11.4 Å². The molecule has 0 heterocycles. The summed E-state index contributed by atoms with van der Waals surface area (Å²) in [6.45, 7) is 1.54. The van der Waals surface area contributed by atoms with Crippen LogP contribution in [0.1, 0.15) is 18.9 Å². The first kappa shape index (κ1) is 19.3. The molecule has 136 valence electrons. The number of carbonyl (C=O) groups excluding carboxylic acids is 3. The lowest BCUT2D eigenvalue weighted by atomic mass is 10.2. The molecule has 0 aliphatic heterocycles. The molecule has 27 heavy (non-hydrogen) atoms. The van der Waals surface area contributed by atoms with Crippen LogP contribution >= 0.6 is 0 Å². The highest BCUT2D eigenvalue weighted by atomic mass is 16.2. The molecule has 8 heteroatoms. The average molecular weight is 363 g/mol. The van der Waals surface area contributed by atoms with Crippen molar-refractivity contribution in [1.29, 1.82) is 5.26 Å². The molecule has 0 bridgehead atoms. The average Bonchev–Trinajstić information content (AvgIpc) is 2.66. The normalized spacial score (nSPS) is 10.4. The molecule has 0 saturated heterocycles. The zero-order valence-electron chi connectivity index (χ0n) is 14.5. The Morgan fingerprint density at radius 3 is 2.37 bits per heavy atom. The number of amides is 3. The van der Waals surface area contributed by atoms with Gasteiger partial charge in [0.15, 0.2) is 0 Å². The third-order valence-electron chi connectivity index (χ3n) is 3.28. The standard InChI is InChI=1S/C19H17N5O3/c1-13(10-17(25)21-16-9-5-6-14(11-16)12-20)23-24-19(27)18(26)22-15-7-3-2-4-8-15/h2-9,11H,10H2,1H3,(H,21,25)(H,22,26)(H,24,27). The molecule has 3 amide bonds. The van der Waals surface area contributed by atoms with Gasteiger partial charge in [0.2, 0.25) is 5.91 Å². The zero-order chi connectivity index (χ0) is 19.6. The van der Waals surface area contributed by atoms with E-state index in [1.54, 1.807) is 61.5 Å². The molecule has 0 aliphatic carbocycles. The number of nitriles is 1. The topological polar surface area (TPSA) is 123 Å². The lowest BCUT2D eigenvalue weighted by molar-refractivity contribution is -0.136. The number of anilines is 2. The maximum absolute atomic E-state index is 12.0. The molecule has 2 rings (SSSR count). The molecule has 0 unspecified atom stereocenters. The number of nitrogens with one attached hydrogen (secondary N) is 3. The minimum absolute atomic E-state index is 0.0859. The first-order valence-electron chi connectivity index (χ1n) is 7.97. The monoisotopic (exact) mass is 363 g/mol. The molecular formula is C19H17N5O3. The van der Waals surface area contributed by atoms with Crippen LogP contribution in [-0.2, 0) is 14.4 Å². The first-order valence-corrected chi connectivity index (χ1v) is 7.97. The predicted molar refractivity (Wildman–Crippen MR) is 101 cm³/mol. The Hall–Kier alpha value is -3.99. The van der Waals surface area contributed by atoms with Gasteiger partial charge in [-0.15, -0.1) is 0 Å². The molecule has 0 atom stereocenters.